The number of benzene rings is 1. The molecule has 33 heavy (non-hydrogen) atoms. The summed E-state index contributed by atoms with van der Waals surface area (Å²) >= 11 is 0. The van der Waals surface area contributed by atoms with E-state index >= 15 is 0 Å². The predicted molar refractivity (Wildman–Crippen MR) is 132 cm³/mol. The highest BCUT2D eigenvalue weighted by molar-refractivity contribution is 7.89. The van der Waals surface area contributed by atoms with Gasteiger partial charge in [-0.25, -0.2) is 13.1 Å². The Hall–Kier alpha value is -1.93. The first-order valence-electron chi connectivity index (χ1n) is 12.1. The predicted octanol–water partition coefficient (Wildman–Crippen LogP) is 3.44. The first-order chi connectivity index (χ1) is 15.5. The summed E-state index contributed by atoms with van der Waals surface area (Å²) in [5.74, 6) is -0.0438. The van der Waals surface area contributed by atoms with Crippen molar-refractivity contribution < 1.29 is 18.0 Å². The molecule has 1 heterocycles. The van der Waals surface area contributed by atoms with Crippen molar-refractivity contribution in [2.24, 2.45) is 5.92 Å². The SMILES string of the molecule is CCCCCNC(=O)C1CCN(C(=O)CCNS(=O)(=O)c2c(C)c(C)c(C)c(C)c2C)CC1. The lowest BCUT2D eigenvalue weighted by Crippen LogP contribution is -2.44. The quantitative estimate of drug-likeness (QED) is 0.503. The molecule has 7 nitrogen and oxygen atoms in total. The Kier molecular flexibility index (Phi) is 9.91. The summed E-state index contributed by atoms with van der Waals surface area (Å²) in [6, 6.07) is 0. The molecule has 0 unspecified atom stereocenters. The van der Waals surface area contributed by atoms with Gasteiger partial charge >= 0.3 is 0 Å². The fourth-order valence-corrected chi connectivity index (χ4v) is 6.14. The Labute approximate surface area is 199 Å². The number of carbonyl (C=O) groups excluding carboxylic acids is 2. The second-order valence-corrected chi connectivity index (χ2v) is 11.0. The van der Waals surface area contributed by atoms with Crippen molar-refractivity contribution in [1.29, 1.82) is 0 Å². The minimum atomic E-state index is -3.72. The van der Waals surface area contributed by atoms with Crippen molar-refractivity contribution in [2.45, 2.75) is 85.0 Å². The van der Waals surface area contributed by atoms with E-state index in [9.17, 15) is 18.0 Å². The number of unbranched alkanes of at least 4 members (excludes halogenated alkanes) is 2. The van der Waals surface area contributed by atoms with E-state index in [0.29, 0.717) is 37.4 Å². The molecule has 0 saturated carbocycles. The Bertz CT molecular complexity index is 935. The zero-order chi connectivity index (χ0) is 24.8. The molecule has 1 aliphatic heterocycles. The zero-order valence-electron chi connectivity index (χ0n) is 21.1. The molecule has 2 N–H and O–H groups in total. The molecule has 8 heteroatoms. The van der Waals surface area contributed by atoms with Crippen LogP contribution in [-0.2, 0) is 19.6 Å². The normalized spacial score (nSPS) is 15.0. The molecule has 1 saturated heterocycles. The van der Waals surface area contributed by atoms with E-state index in [2.05, 4.69) is 17.0 Å². The molecular formula is C25H41N3O4S. The van der Waals surface area contributed by atoms with E-state index in [1.54, 1.807) is 4.90 Å². The monoisotopic (exact) mass is 479 g/mol. The average Bonchev–Trinajstić information content (AvgIpc) is 2.79. The van der Waals surface area contributed by atoms with Crippen LogP contribution >= 0.6 is 0 Å². The van der Waals surface area contributed by atoms with Crippen LogP contribution in [-0.4, -0.2) is 51.3 Å². The van der Waals surface area contributed by atoms with Crippen molar-refractivity contribution in [3.8, 4) is 0 Å². The number of rotatable bonds is 10. The van der Waals surface area contributed by atoms with E-state index in [0.717, 1.165) is 47.1 Å². The number of amides is 2. The third-order valence-electron chi connectivity index (χ3n) is 7.13. The first kappa shape index (κ1) is 27.3. The van der Waals surface area contributed by atoms with Gasteiger partial charge in [-0.15, -0.1) is 0 Å². The fraction of sp³-hybridized carbons (Fsp3) is 0.680. The summed E-state index contributed by atoms with van der Waals surface area (Å²) in [4.78, 5) is 27.0. The highest BCUT2D eigenvalue weighted by Crippen LogP contribution is 2.29. The number of nitrogens with zero attached hydrogens (tertiary/aromatic N) is 1. The van der Waals surface area contributed by atoms with E-state index in [-0.39, 0.29) is 30.7 Å². The Balaban J connectivity index is 1.86. The summed E-state index contributed by atoms with van der Waals surface area (Å²) < 4.78 is 28.6. The molecule has 1 aromatic rings. The molecule has 0 radical (unpaired) electrons. The lowest BCUT2D eigenvalue weighted by atomic mass is 9.95. The van der Waals surface area contributed by atoms with Gasteiger partial charge in [0.25, 0.3) is 0 Å². The second-order valence-electron chi connectivity index (χ2n) is 9.26. The van der Waals surface area contributed by atoms with Crippen LogP contribution in [0, 0.1) is 40.5 Å². The van der Waals surface area contributed by atoms with Gasteiger partial charge in [0.15, 0.2) is 0 Å². The van der Waals surface area contributed by atoms with Crippen molar-refractivity contribution in [2.75, 3.05) is 26.2 Å². The van der Waals surface area contributed by atoms with Crippen LogP contribution in [0.3, 0.4) is 0 Å². The third kappa shape index (κ3) is 6.79. The number of likely N-dealkylation sites (tertiary alicyclic amines) is 1. The maximum atomic E-state index is 13.0. The van der Waals surface area contributed by atoms with Crippen LogP contribution in [0.25, 0.3) is 0 Å². The Morgan fingerprint density at radius 3 is 1.97 bits per heavy atom. The van der Waals surface area contributed by atoms with E-state index in [1.165, 1.54) is 0 Å². The Morgan fingerprint density at radius 2 is 1.42 bits per heavy atom. The largest absolute Gasteiger partial charge is 0.356 e. The van der Waals surface area contributed by atoms with Gasteiger partial charge < -0.3 is 10.2 Å². The lowest BCUT2D eigenvalue weighted by molar-refractivity contribution is -0.135. The molecule has 2 rings (SSSR count). The van der Waals surface area contributed by atoms with Crippen LogP contribution < -0.4 is 10.0 Å². The average molecular weight is 480 g/mol. The number of hydrogen-bond donors (Lipinski definition) is 2. The molecular weight excluding hydrogens is 438 g/mol. The molecule has 0 atom stereocenters. The van der Waals surface area contributed by atoms with Gasteiger partial charge in [0.1, 0.15) is 0 Å². The van der Waals surface area contributed by atoms with Crippen molar-refractivity contribution in [3.63, 3.8) is 0 Å². The van der Waals surface area contributed by atoms with Crippen molar-refractivity contribution in [1.82, 2.24) is 14.9 Å². The highest BCUT2D eigenvalue weighted by Gasteiger charge is 2.28. The van der Waals surface area contributed by atoms with E-state index in [4.69, 9.17) is 0 Å². The number of piperidine rings is 1. The molecule has 0 aliphatic carbocycles. The van der Waals surface area contributed by atoms with Crippen LogP contribution in [0.2, 0.25) is 0 Å². The lowest BCUT2D eigenvalue weighted by Gasteiger charge is -2.31. The van der Waals surface area contributed by atoms with Gasteiger partial charge in [0.05, 0.1) is 4.90 Å². The maximum absolute atomic E-state index is 13.0. The summed E-state index contributed by atoms with van der Waals surface area (Å²) in [5, 5.41) is 3.00. The summed E-state index contributed by atoms with van der Waals surface area (Å²) in [6.07, 6.45) is 4.63. The van der Waals surface area contributed by atoms with E-state index < -0.39 is 10.0 Å². The molecule has 186 valence electrons. The molecule has 1 fully saturated rings. The summed E-state index contributed by atoms with van der Waals surface area (Å²) in [7, 11) is -3.72. The minimum absolute atomic E-state index is 0.0480. The van der Waals surface area contributed by atoms with Gasteiger partial charge in [-0.1, -0.05) is 19.8 Å². The third-order valence-corrected chi connectivity index (χ3v) is 8.86. The first-order valence-corrected chi connectivity index (χ1v) is 13.6. The number of nitrogens with one attached hydrogen (secondary N) is 2. The Morgan fingerprint density at radius 1 is 0.879 bits per heavy atom. The zero-order valence-corrected chi connectivity index (χ0v) is 22.0. The molecule has 0 spiro atoms. The standard InChI is InChI=1S/C25H41N3O4S/c1-7-8-9-13-26-25(30)22-11-15-28(16-12-22)23(29)10-14-27-33(31,32)24-20(5)18(3)17(2)19(4)21(24)6/h22,27H,7-16H2,1-6H3,(H,26,30). The number of carbonyl (C=O) groups is 2. The highest BCUT2D eigenvalue weighted by atomic mass is 32.2. The van der Waals surface area contributed by atoms with Gasteiger partial charge in [0.2, 0.25) is 21.8 Å². The minimum Gasteiger partial charge on any atom is -0.356 e. The molecule has 0 bridgehead atoms. The molecule has 1 aliphatic rings. The fourth-order valence-electron chi connectivity index (χ4n) is 4.51. The van der Waals surface area contributed by atoms with Crippen molar-refractivity contribution in [3.05, 3.63) is 27.8 Å². The van der Waals surface area contributed by atoms with Crippen LogP contribution in [0.1, 0.15) is 73.3 Å². The van der Waals surface area contributed by atoms with Crippen LogP contribution in [0.5, 0.6) is 0 Å². The summed E-state index contributed by atoms with van der Waals surface area (Å²) in [5.41, 5.74) is 4.57. The second kappa shape index (κ2) is 12.0. The number of sulfonamides is 1. The van der Waals surface area contributed by atoms with Gasteiger partial charge in [-0.3, -0.25) is 9.59 Å². The number of hydrogen-bond acceptors (Lipinski definition) is 4. The van der Waals surface area contributed by atoms with E-state index in [1.807, 2.05) is 34.6 Å². The molecule has 0 aromatic heterocycles. The summed E-state index contributed by atoms with van der Waals surface area (Å²) in [6.45, 7) is 13.5. The maximum Gasteiger partial charge on any atom is 0.241 e. The smallest absolute Gasteiger partial charge is 0.241 e. The molecule has 1 aromatic carbocycles. The van der Waals surface area contributed by atoms with Gasteiger partial charge in [-0.2, -0.15) is 0 Å². The van der Waals surface area contributed by atoms with Gasteiger partial charge in [0, 0.05) is 38.5 Å². The van der Waals surface area contributed by atoms with Crippen molar-refractivity contribution >= 4 is 21.8 Å². The topological polar surface area (TPSA) is 95.6 Å². The molecule has 2 amide bonds. The van der Waals surface area contributed by atoms with Crippen LogP contribution in [0.4, 0.5) is 0 Å². The van der Waals surface area contributed by atoms with Gasteiger partial charge in [-0.05, 0) is 81.7 Å². The van der Waals surface area contributed by atoms with Crippen LogP contribution in [0.15, 0.2) is 4.90 Å².